The van der Waals surface area contributed by atoms with E-state index >= 15 is 0 Å². The summed E-state index contributed by atoms with van der Waals surface area (Å²) < 4.78 is 12.8. The molecule has 148 valence electrons. The summed E-state index contributed by atoms with van der Waals surface area (Å²) in [5.41, 5.74) is 0. The van der Waals surface area contributed by atoms with Crippen molar-refractivity contribution in [3.05, 3.63) is 12.7 Å². The second kappa shape index (κ2) is 8.50. The van der Waals surface area contributed by atoms with E-state index in [9.17, 15) is 9.90 Å². The van der Waals surface area contributed by atoms with Crippen molar-refractivity contribution < 1.29 is 18.8 Å². The second-order valence-corrected chi connectivity index (χ2v) is 19.5. The molecule has 0 aliphatic carbocycles. The lowest BCUT2D eigenvalue weighted by Gasteiger charge is -2.41. The molecule has 6 heteroatoms. The maximum absolute atomic E-state index is 11.3. The Hall–Kier alpha value is -0.436. The van der Waals surface area contributed by atoms with Crippen LogP contribution in [0.25, 0.3) is 0 Å². The molecule has 0 heterocycles. The number of carboxylic acid groups (broad SMARTS) is 1. The van der Waals surface area contributed by atoms with Crippen molar-refractivity contribution >= 4 is 22.6 Å². The minimum atomic E-state index is -2.05. The first kappa shape index (κ1) is 24.6. The fourth-order valence-electron chi connectivity index (χ4n) is 1.97. The van der Waals surface area contributed by atoms with Crippen LogP contribution in [-0.4, -0.2) is 39.9 Å². The van der Waals surface area contributed by atoms with Crippen molar-refractivity contribution in [1.29, 1.82) is 0 Å². The van der Waals surface area contributed by atoms with E-state index in [0.717, 1.165) is 0 Å². The van der Waals surface area contributed by atoms with Crippen LogP contribution < -0.4 is 0 Å². The van der Waals surface area contributed by atoms with E-state index in [2.05, 4.69) is 74.3 Å². The Kier molecular flexibility index (Phi) is 8.35. The van der Waals surface area contributed by atoms with Gasteiger partial charge >= 0.3 is 5.97 Å². The first-order chi connectivity index (χ1) is 10.9. The average Bonchev–Trinajstić information content (AvgIpc) is 2.33. The highest BCUT2D eigenvalue weighted by molar-refractivity contribution is 6.74. The van der Waals surface area contributed by atoms with Crippen LogP contribution in [0, 0.1) is 0 Å². The van der Waals surface area contributed by atoms with Crippen LogP contribution in [0.5, 0.6) is 0 Å². The number of carboxylic acids is 1. The lowest BCUT2D eigenvalue weighted by atomic mass is 10.1. The van der Waals surface area contributed by atoms with Crippen LogP contribution in [0.1, 0.15) is 54.4 Å². The van der Waals surface area contributed by atoms with Gasteiger partial charge in [0, 0.05) is 6.42 Å². The molecule has 0 unspecified atom stereocenters. The smallest absolute Gasteiger partial charge is 0.305 e. The van der Waals surface area contributed by atoms with Gasteiger partial charge in [-0.25, -0.2) is 0 Å². The van der Waals surface area contributed by atoms with E-state index in [4.69, 9.17) is 8.85 Å². The molecule has 25 heavy (non-hydrogen) atoms. The predicted molar refractivity (Wildman–Crippen MR) is 111 cm³/mol. The monoisotopic (exact) mass is 388 g/mol. The molecule has 4 nitrogen and oxygen atoms in total. The molecule has 0 saturated heterocycles. The zero-order valence-electron chi connectivity index (χ0n) is 18.0. The Bertz CT molecular complexity index is 459. The van der Waals surface area contributed by atoms with E-state index in [1.807, 2.05) is 0 Å². The third-order valence-electron chi connectivity index (χ3n) is 5.68. The second-order valence-electron chi connectivity index (χ2n) is 9.99. The lowest BCUT2D eigenvalue weighted by Crippen LogP contribution is -2.47. The molecule has 1 N–H and O–H groups in total. The van der Waals surface area contributed by atoms with Crippen LogP contribution in [0.2, 0.25) is 36.3 Å². The highest BCUT2D eigenvalue weighted by Crippen LogP contribution is 2.40. The van der Waals surface area contributed by atoms with Gasteiger partial charge in [0.1, 0.15) is 0 Å². The molecule has 0 bridgehead atoms. The average molecular weight is 389 g/mol. The predicted octanol–water partition coefficient (Wildman–Crippen LogP) is 5.82. The van der Waals surface area contributed by atoms with Crippen LogP contribution in [-0.2, 0) is 13.6 Å². The van der Waals surface area contributed by atoms with Gasteiger partial charge in [-0.2, -0.15) is 0 Å². The summed E-state index contributed by atoms with van der Waals surface area (Å²) in [6.07, 6.45) is 1.79. The molecular formula is C19H40O4Si2. The van der Waals surface area contributed by atoms with Gasteiger partial charge in [0.05, 0.1) is 18.6 Å². The molecular weight excluding hydrogens is 348 g/mol. The fraction of sp³-hybridized carbons (Fsp3) is 0.842. The highest BCUT2D eigenvalue weighted by atomic mass is 28.4. The number of rotatable bonds is 9. The molecule has 0 fully saturated rings. The van der Waals surface area contributed by atoms with Gasteiger partial charge in [-0.3, -0.25) is 4.79 Å². The van der Waals surface area contributed by atoms with Crippen LogP contribution in [0.15, 0.2) is 12.7 Å². The van der Waals surface area contributed by atoms with Gasteiger partial charge in [0.25, 0.3) is 0 Å². The van der Waals surface area contributed by atoms with Crippen molar-refractivity contribution in [2.45, 2.75) is 103 Å². The Morgan fingerprint density at radius 3 is 1.72 bits per heavy atom. The number of hydrogen-bond acceptors (Lipinski definition) is 3. The molecule has 0 spiro atoms. The van der Waals surface area contributed by atoms with E-state index in [-0.39, 0.29) is 28.7 Å². The van der Waals surface area contributed by atoms with Gasteiger partial charge in [0.2, 0.25) is 0 Å². The first-order valence-electron chi connectivity index (χ1n) is 9.13. The van der Waals surface area contributed by atoms with Gasteiger partial charge in [-0.05, 0) is 36.3 Å². The topological polar surface area (TPSA) is 55.8 Å². The summed E-state index contributed by atoms with van der Waals surface area (Å²) in [6.45, 7) is 25.7. The Morgan fingerprint density at radius 2 is 1.40 bits per heavy atom. The summed E-state index contributed by atoms with van der Waals surface area (Å²) in [5, 5.41) is 9.44. The zero-order chi connectivity index (χ0) is 20.3. The summed E-state index contributed by atoms with van der Waals surface area (Å²) in [5.74, 6) is -0.834. The van der Waals surface area contributed by atoms with Gasteiger partial charge < -0.3 is 14.0 Å². The molecule has 0 aromatic carbocycles. The van der Waals surface area contributed by atoms with Crippen molar-refractivity contribution in [3.8, 4) is 0 Å². The van der Waals surface area contributed by atoms with E-state index in [0.29, 0.717) is 6.42 Å². The molecule has 0 amide bonds. The summed E-state index contributed by atoms with van der Waals surface area (Å²) >= 11 is 0. The third-order valence-corrected chi connectivity index (χ3v) is 14.7. The van der Waals surface area contributed by atoms with Crippen molar-refractivity contribution in [3.63, 3.8) is 0 Å². The Labute approximate surface area is 157 Å². The first-order valence-corrected chi connectivity index (χ1v) is 14.9. The van der Waals surface area contributed by atoms with Crippen molar-refractivity contribution in [2.75, 3.05) is 0 Å². The van der Waals surface area contributed by atoms with Crippen LogP contribution in [0.3, 0.4) is 0 Å². The summed E-state index contributed by atoms with van der Waals surface area (Å²) in [4.78, 5) is 11.3. The van der Waals surface area contributed by atoms with Gasteiger partial charge in [0.15, 0.2) is 16.6 Å². The summed E-state index contributed by atoms with van der Waals surface area (Å²) in [6, 6.07) is 0. The minimum Gasteiger partial charge on any atom is -0.481 e. The number of carbonyl (C=O) groups is 1. The van der Waals surface area contributed by atoms with Crippen molar-refractivity contribution in [1.82, 2.24) is 0 Å². The van der Waals surface area contributed by atoms with Gasteiger partial charge in [-0.1, -0.05) is 47.6 Å². The standard InChI is InChI=1S/C19H40O4Si2/c1-12-15(22-24(8,9)18(2,3)4)13-16(14-17(20)21)23-25(10,11)19(5,6)7/h12,15-16H,1,13-14H2,2-11H3,(H,20,21)/t15-,16+/m1/s1. The zero-order valence-corrected chi connectivity index (χ0v) is 20.0. The molecule has 2 atom stereocenters. The molecule has 0 aromatic heterocycles. The fourth-order valence-corrected chi connectivity index (χ4v) is 4.64. The number of hydrogen-bond donors (Lipinski definition) is 1. The van der Waals surface area contributed by atoms with Gasteiger partial charge in [-0.15, -0.1) is 6.58 Å². The van der Waals surface area contributed by atoms with Crippen LogP contribution >= 0.6 is 0 Å². The number of aliphatic carboxylic acids is 1. The van der Waals surface area contributed by atoms with Crippen molar-refractivity contribution in [2.24, 2.45) is 0 Å². The SMILES string of the molecule is C=C[C@H](C[C@@H](CC(=O)O)O[Si](C)(C)C(C)(C)C)O[Si](C)(C)C(C)(C)C. The molecule has 0 aliphatic heterocycles. The van der Waals surface area contributed by atoms with Crippen LogP contribution in [0.4, 0.5) is 0 Å². The Balaban J connectivity index is 5.29. The molecule has 0 aliphatic rings. The van der Waals surface area contributed by atoms with E-state index < -0.39 is 22.6 Å². The molecule has 0 aromatic rings. The quantitative estimate of drug-likeness (QED) is 0.399. The lowest BCUT2D eigenvalue weighted by molar-refractivity contribution is -0.139. The third kappa shape index (κ3) is 7.77. The summed E-state index contributed by atoms with van der Waals surface area (Å²) in [7, 11) is -4.01. The largest absolute Gasteiger partial charge is 0.481 e. The normalized spacial score (nSPS) is 16.4. The highest BCUT2D eigenvalue weighted by Gasteiger charge is 2.42. The van der Waals surface area contributed by atoms with E-state index in [1.165, 1.54) is 0 Å². The maximum atomic E-state index is 11.3. The molecule has 0 saturated carbocycles. The molecule has 0 rings (SSSR count). The Morgan fingerprint density at radius 1 is 1.00 bits per heavy atom. The molecule has 0 radical (unpaired) electrons. The minimum absolute atomic E-state index is 0.00227. The van der Waals surface area contributed by atoms with E-state index in [1.54, 1.807) is 6.08 Å². The maximum Gasteiger partial charge on any atom is 0.305 e.